The Kier molecular flexibility index (Phi) is 8.20. The van der Waals surface area contributed by atoms with Crippen LogP contribution in [0.3, 0.4) is 0 Å². The standard InChI is InChI=1S/C59H40N2O/c1-59(2)52-18-10-8-16-48(52)49-28-26-44(35-53(49)59)54-36-55(61-58(60-54)40-13-4-3-5-14-40)47-32-45(39-22-20-38(21-23-39)42-25-24-37-12-6-7-15-41(37)30-42)31-46(33-47)43-27-29-57-51(34-43)50-17-9-11-19-56(50)62-57/h3-36H,1-2H3. The Labute approximate surface area is 360 Å². The lowest BCUT2D eigenvalue weighted by Crippen LogP contribution is -2.14. The Morgan fingerprint density at radius 2 is 0.919 bits per heavy atom. The van der Waals surface area contributed by atoms with E-state index in [1.807, 2.05) is 18.2 Å². The fraction of sp³-hybridized carbons (Fsp3) is 0.0508. The molecule has 0 spiro atoms. The molecular weight excluding hydrogens is 753 g/mol. The average Bonchev–Trinajstić information content (AvgIpc) is 3.82. The van der Waals surface area contributed by atoms with Gasteiger partial charge in [-0.05, 0) is 121 Å². The summed E-state index contributed by atoms with van der Waals surface area (Å²) >= 11 is 0. The van der Waals surface area contributed by atoms with E-state index in [0.29, 0.717) is 5.82 Å². The van der Waals surface area contributed by atoms with E-state index >= 15 is 0 Å². The first kappa shape index (κ1) is 36.0. The van der Waals surface area contributed by atoms with Gasteiger partial charge in [0.2, 0.25) is 0 Å². The molecule has 292 valence electrons. The molecule has 0 fully saturated rings. The summed E-state index contributed by atoms with van der Waals surface area (Å²) in [6.45, 7) is 4.65. The fourth-order valence-electron chi connectivity index (χ4n) is 9.56. The van der Waals surface area contributed by atoms with Crippen molar-refractivity contribution in [1.29, 1.82) is 0 Å². The number of nitrogens with zero attached hydrogens (tertiary/aromatic N) is 2. The van der Waals surface area contributed by atoms with Gasteiger partial charge in [-0.3, -0.25) is 0 Å². The molecule has 0 atom stereocenters. The number of para-hydroxylation sites is 1. The van der Waals surface area contributed by atoms with E-state index in [1.165, 1.54) is 44.2 Å². The first-order valence-electron chi connectivity index (χ1n) is 21.3. The van der Waals surface area contributed by atoms with E-state index in [1.54, 1.807) is 0 Å². The Hall–Kier alpha value is -7.88. The van der Waals surface area contributed by atoms with Crippen LogP contribution >= 0.6 is 0 Å². The molecule has 2 heterocycles. The van der Waals surface area contributed by atoms with E-state index in [9.17, 15) is 0 Å². The van der Waals surface area contributed by atoms with Gasteiger partial charge in [0.05, 0.1) is 11.4 Å². The van der Waals surface area contributed by atoms with Crippen LogP contribution in [0.4, 0.5) is 0 Å². The molecule has 1 aliphatic rings. The van der Waals surface area contributed by atoms with Gasteiger partial charge in [0.1, 0.15) is 11.2 Å². The maximum Gasteiger partial charge on any atom is 0.160 e. The molecule has 3 heteroatoms. The molecule has 0 aliphatic heterocycles. The minimum absolute atomic E-state index is 0.130. The molecule has 0 saturated heterocycles. The van der Waals surface area contributed by atoms with Crippen LogP contribution in [-0.4, -0.2) is 9.97 Å². The zero-order valence-corrected chi connectivity index (χ0v) is 34.4. The highest BCUT2D eigenvalue weighted by atomic mass is 16.3. The lowest BCUT2D eigenvalue weighted by molar-refractivity contribution is 0.660. The molecule has 0 unspecified atom stereocenters. The summed E-state index contributed by atoms with van der Waals surface area (Å²) in [5, 5.41) is 4.69. The minimum atomic E-state index is -0.130. The second-order valence-electron chi connectivity index (χ2n) is 17.0. The predicted octanol–water partition coefficient (Wildman–Crippen LogP) is 15.8. The van der Waals surface area contributed by atoms with Crippen molar-refractivity contribution in [3.63, 3.8) is 0 Å². The Bertz CT molecular complexity index is 3540. The topological polar surface area (TPSA) is 38.9 Å². The summed E-state index contributed by atoms with van der Waals surface area (Å²) in [6.07, 6.45) is 0. The van der Waals surface area contributed by atoms with Crippen LogP contribution in [0.15, 0.2) is 211 Å². The number of hydrogen-bond donors (Lipinski definition) is 0. The highest BCUT2D eigenvalue weighted by Crippen LogP contribution is 2.49. The quantitative estimate of drug-likeness (QED) is 0.168. The van der Waals surface area contributed by atoms with E-state index in [2.05, 4.69) is 202 Å². The van der Waals surface area contributed by atoms with Gasteiger partial charge in [-0.25, -0.2) is 9.97 Å². The smallest absolute Gasteiger partial charge is 0.160 e. The largest absolute Gasteiger partial charge is 0.456 e. The molecule has 3 nitrogen and oxygen atoms in total. The molecule has 2 aromatic heterocycles. The van der Waals surface area contributed by atoms with Crippen molar-refractivity contribution in [3.05, 3.63) is 217 Å². The minimum Gasteiger partial charge on any atom is -0.456 e. The van der Waals surface area contributed by atoms with Crippen molar-refractivity contribution in [3.8, 4) is 78.4 Å². The van der Waals surface area contributed by atoms with Crippen molar-refractivity contribution in [2.24, 2.45) is 0 Å². The highest BCUT2D eigenvalue weighted by molar-refractivity contribution is 6.06. The molecule has 0 amide bonds. The zero-order valence-electron chi connectivity index (χ0n) is 34.4. The summed E-state index contributed by atoms with van der Waals surface area (Å²) in [6, 6.07) is 74.0. The second-order valence-corrected chi connectivity index (χ2v) is 17.0. The van der Waals surface area contributed by atoms with Gasteiger partial charge in [-0.15, -0.1) is 0 Å². The maximum absolute atomic E-state index is 6.25. The molecule has 0 radical (unpaired) electrons. The normalized spacial score (nSPS) is 12.8. The van der Waals surface area contributed by atoms with Crippen LogP contribution in [0.2, 0.25) is 0 Å². The molecule has 0 saturated carbocycles. The van der Waals surface area contributed by atoms with E-state index in [4.69, 9.17) is 14.4 Å². The average molecular weight is 793 g/mol. The van der Waals surface area contributed by atoms with Crippen LogP contribution in [-0.2, 0) is 5.41 Å². The lowest BCUT2D eigenvalue weighted by Gasteiger charge is -2.22. The van der Waals surface area contributed by atoms with Gasteiger partial charge in [-0.2, -0.15) is 0 Å². The third-order valence-corrected chi connectivity index (χ3v) is 12.9. The molecular formula is C59H40N2O. The van der Waals surface area contributed by atoms with Gasteiger partial charge in [0, 0.05) is 32.9 Å². The number of benzene rings is 9. The third-order valence-electron chi connectivity index (χ3n) is 12.9. The summed E-state index contributed by atoms with van der Waals surface area (Å²) < 4.78 is 6.25. The SMILES string of the molecule is CC1(C)c2ccccc2-c2ccc(-c3cc(-c4cc(-c5ccc(-c6ccc7ccccc7c6)cc5)cc(-c5ccc6oc7ccccc7c6c5)c4)nc(-c4ccccc4)n3)cc21. The molecule has 9 aromatic carbocycles. The number of aromatic nitrogens is 2. The van der Waals surface area contributed by atoms with Gasteiger partial charge in [0.25, 0.3) is 0 Å². The van der Waals surface area contributed by atoms with Crippen LogP contribution in [0.1, 0.15) is 25.0 Å². The van der Waals surface area contributed by atoms with Crippen molar-refractivity contribution in [2.75, 3.05) is 0 Å². The first-order chi connectivity index (χ1) is 30.4. The summed E-state index contributed by atoms with van der Waals surface area (Å²) in [7, 11) is 0. The summed E-state index contributed by atoms with van der Waals surface area (Å²) in [4.78, 5) is 10.6. The molecule has 0 bridgehead atoms. The molecule has 1 aliphatic carbocycles. The summed E-state index contributed by atoms with van der Waals surface area (Å²) in [5.74, 6) is 0.694. The predicted molar refractivity (Wildman–Crippen MR) is 257 cm³/mol. The molecule has 0 N–H and O–H groups in total. The van der Waals surface area contributed by atoms with Gasteiger partial charge in [-0.1, -0.05) is 166 Å². The van der Waals surface area contributed by atoms with Crippen LogP contribution in [0.25, 0.3) is 111 Å². The van der Waals surface area contributed by atoms with Crippen LogP contribution < -0.4 is 0 Å². The Morgan fingerprint density at radius 3 is 1.76 bits per heavy atom. The second kappa shape index (κ2) is 14.1. The summed E-state index contributed by atoms with van der Waals surface area (Å²) in [5.41, 5.74) is 18.6. The zero-order chi connectivity index (χ0) is 41.4. The highest BCUT2D eigenvalue weighted by Gasteiger charge is 2.35. The third kappa shape index (κ3) is 6.04. The molecule has 12 rings (SSSR count). The van der Waals surface area contributed by atoms with Crippen molar-refractivity contribution in [1.82, 2.24) is 9.97 Å². The Balaban J connectivity index is 1.03. The van der Waals surface area contributed by atoms with Gasteiger partial charge in [0.15, 0.2) is 5.82 Å². The monoisotopic (exact) mass is 792 g/mol. The van der Waals surface area contributed by atoms with Crippen molar-refractivity contribution in [2.45, 2.75) is 19.3 Å². The molecule has 62 heavy (non-hydrogen) atoms. The number of hydrogen-bond acceptors (Lipinski definition) is 3. The fourth-order valence-corrected chi connectivity index (χ4v) is 9.56. The van der Waals surface area contributed by atoms with Gasteiger partial charge < -0.3 is 4.42 Å². The van der Waals surface area contributed by atoms with E-state index < -0.39 is 0 Å². The Morgan fingerprint density at radius 1 is 0.339 bits per heavy atom. The number of furan rings is 1. The molecule has 11 aromatic rings. The van der Waals surface area contributed by atoms with Crippen molar-refractivity contribution < 1.29 is 4.42 Å². The van der Waals surface area contributed by atoms with Crippen molar-refractivity contribution >= 4 is 32.7 Å². The van der Waals surface area contributed by atoms with Gasteiger partial charge >= 0.3 is 0 Å². The maximum atomic E-state index is 6.25. The number of rotatable bonds is 6. The van der Waals surface area contributed by atoms with Crippen LogP contribution in [0.5, 0.6) is 0 Å². The first-order valence-corrected chi connectivity index (χ1v) is 21.3. The van der Waals surface area contributed by atoms with E-state index in [0.717, 1.165) is 72.3 Å². The van der Waals surface area contributed by atoms with Crippen LogP contribution in [0, 0.1) is 0 Å². The lowest BCUT2D eigenvalue weighted by atomic mass is 9.82. The number of fused-ring (bicyclic) bond motifs is 7. The van der Waals surface area contributed by atoms with E-state index in [-0.39, 0.29) is 5.41 Å².